The summed E-state index contributed by atoms with van der Waals surface area (Å²) in [5, 5.41) is 3.22. The van der Waals surface area contributed by atoms with Crippen LogP contribution in [-0.4, -0.2) is 30.6 Å². The number of nitrogen functional groups attached to an aromatic ring is 1. The summed E-state index contributed by atoms with van der Waals surface area (Å²) in [6.45, 7) is 3.07. The third-order valence-electron chi connectivity index (χ3n) is 2.02. The first-order valence-electron chi connectivity index (χ1n) is 5.19. The molecule has 0 unspecified atom stereocenters. The Labute approximate surface area is 90.7 Å². The predicted molar refractivity (Wildman–Crippen MR) is 64.2 cm³/mol. The maximum absolute atomic E-state index is 5.61. The van der Waals surface area contributed by atoms with E-state index in [4.69, 9.17) is 5.73 Å². The van der Waals surface area contributed by atoms with Crippen LogP contribution < -0.4 is 16.0 Å². The SMILES string of the molecule is CCCCNc1cc(N(C)C)nc(N)n1. The summed E-state index contributed by atoms with van der Waals surface area (Å²) in [7, 11) is 3.86. The van der Waals surface area contributed by atoms with Crippen molar-refractivity contribution in [2.24, 2.45) is 0 Å². The van der Waals surface area contributed by atoms with E-state index in [9.17, 15) is 0 Å². The molecule has 0 amide bonds. The summed E-state index contributed by atoms with van der Waals surface area (Å²) >= 11 is 0. The lowest BCUT2D eigenvalue weighted by atomic mass is 10.3. The fourth-order valence-corrected chi connectivity index (χ4v) is 1.17. The van der Waals surface area contributed by atoms with Gasteiger partial charge in [-0.3, -0.25) is 0 Å². The van der Waals surface area contributed by atoms with Crippen LogP contribution in [0.25, 0.3) is 0 Å². The van der Waals surface area contributed by atoms with E-state index in [2.05, 4.69) is 22.2 Å². The average molecular weight is 209 g/mol. The summed E-state index contributed by atoms with van der Waals surface area (Å²) in [6.07, 6.45) is 2.29. The Morgan fingerprint density at radius 3 is 2.73 bits per heavy atom. The van der Waals surface area contributed by atoms with Crippen molar-refractivity contribution in [3.63, 3.8) is 0 Å². The minimum absolute atomic E-state index is 0.306. The second-order valence-electron chi connectivity index (χ2n) is 3.64. The molecule has 84 valence electrons. The minimum Gasteiger partial charge on any atom is -0.370 e. The lowest BCUT2D eigenvalue weighted by Gasteiger charge is -2.13. The molecule has 15 heavy (non-hydrogen) atoms. The molecule has 0 aliphatic rings. The van der Waals surface area contributed by atoms with Gasteiger partial charge >= 0.3 is 0 Å². The molecule has 1 heterocycles. The van der Waals surface area contributed by atoms with Gasteiger partial charge in [-0.2, -0.15) is 9.97 Å². The Kier molecular flexibility index (Phi) is 4.15. The molecule has 3 N–H and O–H groups in total. The predicted octanol–water partition coefficient (Wildman–Crippen LogP) is 1.34. The van der Waals surface area contributed by atoms with E-state index < -0.39 is 0 Å². The molecule has 0 fully saturated rings. The Morgan fingerprint density at radius 1 is 1.40 bits per heavy atom. The smallest absolute Gasteiger partial charge is 0.223 e. The monoisotopic (exact) mass is 209 g/mol. The molecular weight excluding hydrogens is 190 g/mol. The van der Waals surface area contributed by atoms with Gasteiger partial charge in [0.05, 0.1) is 0 Å². The van der Waals surface area contributed by atoms with E-state index >= 15 is 0 Å². The number of nitrogens with zero attached hydrogens (tertiary/aromatic N) is 3. The van der Waals surface area contributed by atoms with Gasteiger partial charge in [0, 0.05) is 26.7 Å². The van der Waals surface area contributed by atoms with Crippen molar-refractivity contribution in [1.29, 1.82) is 0 Å². The number of aromatic nitrogens is 2. The molecule has 0 bridgehead atoms. The largest absolute Gasteiger partial charge is 0.370 e. The summed E-state index contributed by atoms with van der Waals surface area (Å²) in [5.74, 6) is 1.92. The van der Waals surface area contributed by atoms with E-state index in [0.29, 0.717) is 5.95 Å². The first kappa shape index (κ1) is 11.6. The topological polar surface area (TPSA) is 67.1 Å². The van der Waals surface area contributed by atoms with Crippen molar-refractivity contribution in [3.05, 3.63) is 6.07 Å². The number of hydrogen-bond acceptors (Lipinski definition) is 5. The van der Waals surface area contributed by atoms with Crippen LogP contribution in [-0.2, 0) is 0 Å². The zero-order valence-corrected chi connectivity index (χ0v) is 9.62. The molecule has 0 aliphatic heterocycles. The summed E-state index contributed by atoms with van der Waals surface area (Å²) in [5.41, 5.74) is 5.61. The van der Waals surface area contributed by atoms with Crippen molar-refractivity contribution < 1.29 is 0 Å². The van der Waals surface area contributed by atoms with Crippen molar-refractivity contribution in [1.82, 2.24) is 9.97 Å². The molecule has 0 aromatic carbocycles. The zero-order chi connectivity index (χ0) is 11.3. The van der Waals surface area contributed by atoms with Gasteiger partial charge in [0.1, 0.15) is 11.6 Å². The normalized spacial score (nSPS) is 10.1. The van der Waals surface area contributed by atoms with Crippen molar-refractivity contribution in [2.75, 3.05) is 36.6 Å². The van der Waals surface area contributed by atoms with E-state index in [1.807, 2.05) is 25.1 Å². The van der Waals surface area contributed by atoms with E-state index in [1.165, 1.54) is 0 Å². The molecule has 1 aromatic rings. The lowest BCUT2D eigenvalue weighted by molar-refractivity contribution is 0.830. The molecule has 0 saturated heterocycles. The number of nitrogens with two attached hydrogens (primary N) is 1. The first-order chi connectivity index (χ1) is 7.13. The third kappa shape index (κ3) is 3.61. The number of hydrogen-bond donors (Lipinski definition) is 2. The number of anilines is 3. The first-order valence-corrected chi connectivity index (χ1v) is 5.19. The fraction of sp³-hybridized carbons (Fsp3) is 0.600. The summed E-state index contributed by atoms with van der Waals surface area (Å²) in [6, 6.07) is 1.89. The lowest BCUT2D eigenvalue weighted by Crippen LogP contribution is -2.14. The molecule has 0 radical (unpaired) electrons. The Morgan fingerprint density at radius 2 is 2.13 bits per heavy atom. The van der Waals surface area contributed by atoms with Crippen LogP contribution in [0.5, 0.6) is 0 Å². The molecule has 1 rings (SSSR count). The van der Waals surface area contributed by atoms with Gasteiger partial charge in [-0.05, 0) is 6.42 Å². The van der Waals surface area contributed by atoms with Gasteiger partial charge in [-0.25, -0.2) is 0 Å². The molecular formula is C10H19N5. The van der Waals surface area contributed by atoms with Gasteiger partial charge in [-0.1, -0.05) is 13.3 Å². The highest BCUT2D eigenvalue weighted by Crippen LogP contribution is 2.14. The number of nitrogens with one attached hydrogen (secondary N) is 1. The van der Waals surface area contributed by atoms with Gasteiger partial charge in [-0.15, -0.1) is 0 Å². The van der Waals surface area contributed by atoms with Crippen molar-refractivity contribution in [3.8, 4) is 0 Å². The second-order valence-corrected chi connectivity index (χ2v) is 3.64. The molecule has 5 nitrogen and oxygen atoms in total. The molecule has 0 spiro atoms. The van der Waals surface area contributed by atoms with Crippen LogP contribution >= 0.6 is 0 Å². The Hall–Kier alpha value is -1.52. The van der Waals surface area contributed by atoms with Gasteiger partial charge < -0.3 is 16.0 Å². The quantitative estimate of drug-likeness (QED) is 0.716. The highest BCUT2D eigenvalue weighted by atomic mass is 15.2. The van der Waals surface area contributed by atoms with Gasteiger partial charge in [0.25, 0.3) is 0 Å². The summed E-state index contributed by atoms with van der Waals surface area (Å²) in [4.78, 5) is 10.1. The van der Waals surface area contributed by atoms with Crippen LogP contribution in [0, 0.1) is 0 Å². The minimum atomic E-state index is 0.306. The van der Waals surface area contributed by atoms with Crippen molar-refractivity contribution >= 4 is 17.6 Å². The molecule has 5 heteroatoms. The molecule has 0 saturated carbocycles. The average Bonchev–Trinajstić information content (AvgIpc) is 2.17. The van der Waals surface area contributed by atoms with E-state index in [1.54, 1.807) is 0 Å². The zero-order valence-electron chi connectivity index (χ0n) is 9.62. The number of rotatable bonds is 5. The highest BCUT2D eigenvalue weighted by molar-refractivity contribution is 5.51. The standard InChI is InChI=1S/C10H19N5/c1-4-5-6-12-8-7-9(15(2)3)14-10(11)13-8/h7H,4-6H2,1-3H3,(H3,11,12,13,14). The van der Waals surface area contributed by atoms with Gasteiger partial charge in [0.15, 0.2) is 0 Å². The number of unbranched alkanes of at least 4 members (excludes halogenated alkanes) is 1. The van der Waals surface area contributed by atoms with Gasteiger partial charge in [0.2, 0.25) is 5.95 Å². The van der Waals surface area contributed by atoms with Crippen molar-refractivity contribution in [2.45, 2.75) is 19.8 Å². The van der Waals surface area contributed by atoms with Crippen LogP contribution in [0.2, 0.25) is 0 Å². The molecule has 0 atom stereocenters. The van der Waals surface area contributed by atoms with Crippen LogP contribution in [0.1, 0.15) is 19.8 Å². The van der Waals surface area contributed by atoms with E-state index in [-0.39, 0.29) is 0 Å². The van der Waals surface area contributed by atoms with Crippen LogP contribution in [0.3, 0.4) is 0 Å². The molecule has 0 aliphatic carbocycles. The highest BCUT2D eigenvalue weighted by Gasteiger charge is 2.02. The van der Waals surface area contributed by atoms with E-state index in [0.717, 1.165) is 31.0 Å². The Balaban J connectivity index is 2.71. The molecule has 1 aromatic heterocycles. The maximum atomic E-state index is 5.61. The van der Waals surface area contributed by atoms with Crippen LogP contribution in [0.15, 0.2) is 6.07 Å². The summed E-state index contributed by atoms with van der Waals surface area (Å²) < 4.78 is 0. The fourth-order valence-electron chi connectivity index (χ4n) is 1.17. The second kappa shape index (κ2) is 5.38. The Bertz CT molecular complexity index is 311. The maximum Gasteiger partial charge on any atom is 0.223 e. The van der Waals surface area contributed by atoms with Crippen LogP contribution in [0.4, 0.5) is 17.6 Å². The third-order valence-corrected chi connectivity index (χ3v) is 2.02.